The molecule has 0 aliphatic heterocycles. The first kappa shape index (κ1) is 9.67. The number of aromatic nitrogens is 1. The van der Waals surface area contributed by atoms with Gasteiger partial charge in [-0.3, -0.25) is 9.78 Å². The second-order valence-corrected chi connectivity index (χ2v) is 2.85. The van der Waals surface area contributed by atoms with Gasteiger partial charge >= 0.3 is 0 Å². The van der Waals surface area contributed by atoms with Crippen molar-refractivity contribution in [3.8, 4) is 0 Å². The zero-order valence-electron chi connectivity index (χ0n) is 7.87. The Morgan fingerprint density at radius 2 is 2.15 bits per heavy atom. The summed E-state index contributed by atoms with van der Waals surface area (Å²) in [6, 6.07) is 1.54. The summed E-state index contributed by atoms with van der Waals surface area (Å²) in [5.74, 6) is -0.520. The van der Waals surface area contributed by atoms with Gasteiger partial charge in [-0.25, -0.2) is 0 Å². The second-order valence-electron chi connectivity index (χ2n) is 2.85. The zero-order chi connectivity index (χ0) is 10.0. The normalized spacial score (nSPS) is 9.85. The lowest BCUT2D eigenvalue weighted by Gasteiger charge is -2.28. The lowest BCUT2D eigenvalue weighted by molar-refractivity contribution is -0.116. The number of rotatable bonds is 1. The summed E-state index contributed by atoms with van der Waals surface area (Å²) >= 11 is 0. The molecule has 0 aromatic carbocycles. The van der Waals surface area contributed by atoms with Crippen LogP contribution in [0.1, 0.15) is 18.2 Å². The molecule has 0 atom stereocenters. The van der Waals surface area contributed by atoms with Gasteiger partial charge in [0.05, 0.1) is 0 Å². The van der Waals surface area contributed by atoms with Gasteiger partial charge in [0.1, 0.15) is 0 Å². The molecule has 4 heteroatoms. The van der Waals surface area contributed by atoms with E-state index in [0.29, 0.717) is 10.8 Å². The van der Waals surface area contributed by atoms with E-state index in [4.69, 9.17) is 0 Å². The van der Waals surface area contributed by atoms with Crippen molar-refractivity contribution in [2.24, 2.45) is 0 Å². The van der Waals surface area contributed by atoms with Crippen LogP contribution in [0.5, 0.6) is 0 Å². The van der Waals surface area contributed by atoms with Gasteiger partial charge in [-0.05, 0) is 25.5 Å². The molecule has 13 heavy (non-hydrogen) atoms. The Labute approximate surface area is 76.8 Å². The van der Waals surface area contributed by atoms with Crippen molar-refractivity contribution in [2.45, 2.75) is 20.8 Å². The summed E-state index contributed by atoms with van der Waals surface area (Å²) in [6.07, 6.45) is 1.52. The highest BCUT2D eigenvalue weighted by molar-refractivity contribution is 5.92. The molecule has 4 nitrogen and oxygen atoms in total. The van der Waals surface area contributed by atoms with Crippen molar-refractivity contribution in [2.75, 3.05) is 5.06 Å². The van der Waals surface area contributed by atoms with Crippen molar-refractivity contribution in [3.05, 3.63) is 28.7 Å². The van der Waals surface area contributed by atoms with E-state index in [1.165, 1.54) is 19.2 Å². The molecule has 0 fully saturated rings. The number of hydrogen-bond acceptors (Lipinski definition) is 3. The molecular weight excluding hydrogens is 168 g/mol. The minimum absolute atomic E-state index is 0.375. The predicted molar refractivity (Wildman–Crippen MR) is 50.2 cm³/mol. The Balaban J connectivity index is 3.15. The summed E-state index contributed by atoms with van der Waals surface area (Å²) in [5.41, 5.74) is 1.88. The van der Waals surface area contributed by atoms with E-state index >= 15 is 0 Å². The Kier molecular flexibility index (Phi) is 2.63. The number of anilines is 1. The van der Waals surface area contributed by atoms with Gasteiger partial charge < -0.3 is 10.3 Å². The fourth-order valence-corrected chi connectivity index (χ4v) is 1.02. The molecule has 0 saturated heterocycles. The van der Waals surface area contributed by atoms with Crippen molar-refractivity contribution in [3.63, 3.8) is 0 Å². The van der Waals surface area contributed by atoms with E-state index in [0.717, 1.165) is 11.3 Å². The van der Waals surface area contributed by atoms with E-state index in [1.54, 1.807) is 13.8 Å². The lowest BCUT2D eigenvalue weighted by atomic mass is 10.2. The highest BCUT2D eigenvalue weighted by atomic mass is 16.5. The third-order valence-electron chi connectivity index (χ3n) is 1.93. The molecule has 1 amide bonds. The summed E-state index contributed by atoms with van der Waals surface area (Å²) < 4.78 is 0. The molecule has 0 aliphatic carbocycles. The van der Waals surface area contributed by atoms with E-state index in [1.807, 2.05) is 0 Å². The predicted octanol–water partition coefficient (Wildman–Crippen LogP) is 1.55. The quantitative estimate of drug-likeness (QED) is 0.614. The topological polar surface area (TPSA) is 56.3 Å². The van der Waals surface area contributed by atoms with Crippen molar-refractivity contribution >= 4 is 11.6 Å². The van der Waals surface area contributed by atoms with Crippen LogP contribution >= 0.6 is 0 Å². The molecule has 70 valence electrons. The number of hydroxylamine groups is 1. The van der Waals surface area contributed by atoms with Crippen molar-refractivity contribution in [1.29, 1.82) is 0 Å². The molecular formula is C9H11N2O2-. The molecule has 1 heterocycles. The molecule has 1 rings (SSSR count). The average molecular weight is 179 g/mol. The van der Waals surface area contributed by atoms with Gasteiger partial charge in [0.25, 0.3) is 0 Å². The lowest BCUT2D eigenvalue weighted by Crippen LogP contribution is -2.21. The maximum atomic E-state index is 11.3. The maximum absolute atomic E-state index is 11.3. The maximum Gasteiger partial charge on any atom is 0.213 e. The van der Waals surface area contributed by atoms with Gasteiger partial charge in [-0.1, -0.05) is 0 Å². The van der Waals surface area contributed by atoms with Crippen LogP contribution in [-0.4, -0.2) is 10.9 Å². The first-order valence-electron chi connectivity index (χ1n) is 3.94. The van der Waals surface area contributed by atoms with Crippen LogP contribution in [0.4, 0.5) is 5.69 Å². The van der Waals surface area contributed by atoms with Gasteiger partial charge in [0.2, 0.25) is 5.91 Å². The second kappa shape index (κ2) is 3.53. The molecule has 0 N–H and O–H groups in total. The van der Waals surface area contributed by atoms with Gasteiger partial charge in [-0.15, -0.1) is 0 Å². The highest BCUT2D eigenvalue weighted by Crippen LogP contribution is 2.20. The van der Waals surface area contributed by atoms with Crippen LogP contribution in [0, 0.1) is 19.1 Å². The summed E-state index contributed by atoms with van der Waals surface area (Å²) in [7, 11) is 0. The molecule has 0 spiro atoms. The van der Waals surface area contributed by atoms with Gasteiger partial charge in [-0.2, -0.15) is 0 Å². The van der Waals surface area contributed by atoms with Crippen LogP contribution in [0.2, 0.25) is 0 Å². The van der Waals surface area contributed by atoms with Crippen molar-refractivity contribution in [1.82, 2.24) is 4.98 Å². The van der Waals surface area contributed by atoms with E-state index in [-0.39, 0.29) is 0 Å². The fraction of sp³-hybridized carbons (Fsp3) is 0.333. The van der Waals surface area contributed by atoms with Crippen LogP contribution in [-0.2, 0) is 4.79 Å². The SMILES string of the molecule is CC(=O)N([O-])c1ccnc(C)c1C. The number of nitrogens with zero attached hydrogens (tertiary/aromatic N) is 2. The van der Waals surface area contributed by atoms with Crippen LogP contribution in [0.25, 0.3) is 0 Å². The molecule has 1 aromatic rings. The Morgan fingerprint density at radius 1 is 1.54 bits per heavy atom. The minimum atomic E-state index is -0.520. The molecule has 0 bridgehead atoms. The van der Waals surface area contributed by atoms with Gasteiger partial charge in [0.15, 0.2) is 0 Å². The number of pyridine rings is 1. The van der Waals surface area contributed by atoms with E-state index in [2.05, 4.69) is 4.98 Å². The van der Waals surface area contributed by atoms with E-state index < -0.39 is 5.91 Å². The Hall–Kier alpha value is -1.42. The average Bonchev–Trinajstić information content (AvgIpc) is 2.08. The highest BCUT2D eigenvalue weighted by Gasteiger charge is 2.05. The number of carbonyl (C=O) groups excluding carboxylic acids is 1. The van der Waals surface area contributed by atoms with Crippen LogP contribution in [0.15, 0.2) is 12.3 Å². The largest absolute Gasteiger partial charge is 0.752 e. The zero-order valence-corrected chi connectivity index (χ0v) is 7.87. The van der Waals surface area contributed by atoms with Crippen LogP contribution < -0.4 is 5.06 Å². The first-order valence-corrected chi connectivity index (χ1v) is 3.94. The molecule has 0 saturated carbocycles. The summed E-state index contributed by atoms with van der Waals surface area (Å²) in [6.45, 7) is 4.81. The molecule has 0 aliphatic rings. The Bertz CT molecular complexity index is 336. The fourth-order valence-electron chi connectivity index (χ4n) is 1.02. The van der Waals surface area contributed by atoms with Crippen LogP contribution in [0.3, 0.4) is 0 Å². The number of aryl methyl sites for hydroxylation is 1. The molecule has 1 aromatic heterocycles. The van der Waals surface area contributed by atoms with E-state index in [9.17, 15) is 10.0 Å². The number of hydrogen-bond donors (Lipinski definition) is 0. The van der Waals surface area contributed by atoms with Gasteiger partial charge in [0, 0.05) is 24.5 Å². The number of amides is 1. The van der Waals surface area contributed by atoms with Crippen molar-refractivity contribution < 1.29 is 4.79 Å². The molecule has 0 unspecified atom stereocenters. The third-order valence-corrected chi connectivity index (χ3v) is 1.93. The Morgan fingerprint density at radius 3 is 2.69 bits per heavy atom. The summed E-state index contributed by atoms with van der Waals surface area (Å²) in [4.78, 5) is 14.8. The minimum Gasteiger partial charge on any atom is -0.752 e. The standard InChI is InChI=1S/C9H11N2O2/c1-6-7(2)10-5-4-9(6)11(13)8(3)12/h4-5H,1-3H3/q-1. The number of carbonyl (C=O) groups is 1. The smallest absolute Gasteiger partial charge is 0.213 e. The third kappa shape index (κ3) is 1.84. The first-order chi connectivity index (χ1) is 6.04. The summed E-state index contributed by atoms with van der Waals surface area (Å²) in [5, 5.41) is 11.6. The monoisotopic (exact) mass is 179 g/mol. The molecule has 0 radical (unpaired) electrons.